The summed E-state index contributed by atoms with van der Waals surface area (Å²) in [6.07, 6.45) is 3.82. The van der Waals surface area contributed by atoms with E-state index in [9.17, 15) is 4.79 Å². The van der Waals surface area contributed by atoms with Crippen LogP contribution < -0.4 is 11.1 Å². The minimum Gasteiger partial charge on any atom is -0.396 e. The minimum atomic E-state index is -0.210. The van der Waals surface area contributed by atoms with Gasteiger partial charge in [-0.3, -0.25) is 4.79 Å². The average molecular weight is 254 g/mol. The van der Waals surface area contributed by atoms with Crippen LogP contribution in [0.4, 0.5) is 0 Å². The summed E-state index contributed by atoms with van der Waals surface area (Å²) in [6, 6.07) is -0.0397. The first-order chi connectivity index (χ1) is 8.58. The Kier molecular flexibility index (Phi) is 5.80. The number of rotatable bonds is 7. The maximum atomic E-state index is 12.0. The number of carbonyl (C=O) groups excluding carboxylic acids is 1. The highest BCUT2D eigenvalue weighted by molar-refractivity contribution is 5.92. The van der Waals surface area contributed by atoms with Crippen molar-refractivity contribution in [3.05, 3.63) is 18.2 Å². The van der Waals surface area contributed by atoms with E-state index in [1.54, 1.807) is 17.1 Å². The molecule has 1 rings (SSSR count). The van der Waals surface area contributed by atoms with Crippen LogP contribution in [-0.2, 0) is 6.54 Å². The Labute approximate surface area is 107 Å². The fourth-order valence-corrected chi connectivity index (χ4v) is 1.70. The second-order valence-electron chi connectivity index (χ2n) is 4.62. The van der Waals surface area contributed by atoms with E-state index in [1.807, 2.05) is 13.8 Å². The number of aliphatic hydroxyl groups excluding tert-OH is 1. The summed E-state index contributed by atoms with van der Waals surface area (Å²) in [6.45, 7) is 5.23. The molecule has 0 saturated carbocycles. The van der Waals surface area contributed by atoms with E-state index in [0.717, 1.165) is 0 Å². The van der Waals surface area contributed by atoms with E-state index in [-0.39, 0.29) is 24.5 Å². The maximum absolute atomic E-state index is 12.0. The molecule has 0 fully saturated rings. The first-order valence-corrected chi connectivity index (χ1v) is 6.22. The summed E-state index contributed by atoms with van der Waals surface area (Å²) in [5.74, 6) is 0.0603. The molecule has 18 heavy (non-hydrogen) atoms. The highest BCUT2D eigenvalue weighted by atomic mass is 16.3. The van der Waals surface area contributed by atoms with Crippen LogP contribution >= 0.6 is 0 Å². The van der Waals surface area contributed by atoms with Gasteiger partial charge in [0.25, 0.3) is 5.91 Å². The van der Waals surface area contributed by atoms with Gasteiger partial charge in [-0.25, -0.2) is 4.98 Å². The van der Waals surface area contributed by atoms with Gasteiger partial charge in [-0.05, 0) is 12.3 Å². The van der Waals surface area contributed by atoms with Gasteiger partial charge < -0.3 is 20.7 Å². The van der Waals surface area contributed by atoms with Gasteiger partial charge in [0.05, 0.1) is 6.33 Å². The number of nitrogens with zero attached hydrogens (tertiary/aromatic N) is 2. The van der Waals surface area contributed by atoms with Gasteiger partial charge in [0.15, 0.2) is 0 Å². The normalized spacial score (nSPS) is 12.7. The molecule has 6 heteroatoms. The third-order valence-corrected chi connectivity index (χ3v) is 2.81. The van der Waals surface area contributed by atoms with Gasteiger partial charge >= 0.3 is 0 Å². The van der Waals surface area contributed by atoms with Crippen molar-refractivity contribution >= 4 is 5.91 Å². The molecular formula is C12H22N4O2. The summed E-state index contributed by atoms with van der Waals surface area (Å²) >= 11 is 0. The Balaban J connectivity index is 2.62. The number of carbonyl (C=O) groups is 1. The second kappa shape index (κ2) is 7.13. The molecule has 4 N–H and O–H groups in total. The number of aromatic nitrogens is 2. The van der Waals surface area contributed by atoms with Crippen molar-refractivity contribution in [3.63, 3.8) is 0 Å². The van der Waals surface area contributed by atoms with Crippen LogP contribution in [0, 0.1) is 5.92 Å². The zero-order valence-corrected chi connectivity index (χ0v) is 11.0. The van der Waals surface area contributed by atoms with Crippen LogP contribution in [0.3, 0.4) is 0 Å². The molecule has 1 aromatic rings. The molecule has 0 bridgehead atoms. The molecule has 1 unspecified atom stereocenters. The monoisotopic (exact) mass is 254 g/mol. The minimum absolute atomic E-state index is 0.0397. The Morgan fingerprint density at radius 2 is 2.33 bits per heavy atom. The van der Waals surface area contributed by atoms with E-state index in [4.69, 9.17) is 10.8 Å². The molecule has 1 amide bonds. The topological polar surface area (TPSA) is 93.2 Å². The zero-order chi connectivity index (χ0) is 13.5. The summed E-state index contributed by atoms with van der Waals surface area (Å²) in [7, 11) is 0. The Morgan fingerprint density at radius 1 is 1.61 bits per heavy atom. The van der Waals surface area contributed by atoms with Crippen LogP contribution in [0.2, 0.25) is 0 Å². The molecule has 0 spiro atoms. The Hall–Kier alpha value is -1.40. The lowest BCUT2D eigenvalue weighted by Crippen LogP contribution is -2.39. The molecule has 0 aliphatic carbocycles. The van der Waals surface area contributed by atoms with E-state index >= 15 is 0 Å². The van der Waals surface area contributed by atoms with Crippen molar-refractivity contribution in [1.29, 1.82) is 0 Å². The van der Waals surface area contributed by atoms with Gasteiger partial charge in [-0.1, -0.05) is 13.8 Å². The van der Waals surface area contributed by atoms with Crippen molar-refractivity contribution in [2.24, 2.45) is 11.7 Å². The van der Waals surface area contributed by atoms with Crippen molar-refractivity contribution in [2.75, 3.05) is 13.2 Å². The fraction of sp³-hybridized carbons (Fsp3) is 0.667. The zero-order valence-electron chi connectivity index (χ0n) is 11.0. The van der Waals surface area contributed by atoms with Gasteiger partial charge in [0, 0.05) is 31.9 Å². The average Bonchev–Trinajstić information content (AvgIpc) is 2.77. The molecule has 1 aromatic heterocycles. The van der Waals surface area contributed by atoms with E-state index in [2.05, 4.69) is 10.3 Å². The van der Waals surface area contributed by atoms with Crippen molar-refractivity contribution in [2.45, 2.75) is 32.9 Å². The number of hydrogen-bond acceptors (Lipinski definition) is 4. The molecule has 0 aromatic carbocycles. The van der Waals surface area contributed by atoms with Crippen molar-refractivity contribution in [3.8, 4) is 0 Å². The molecule has 6 nitrogen and oxygen atoms in total. The smallest absolute Gasteiger partial charge is 0.271 e. The molecule has 0 saturated heterocycles. The molecule has 0 radical (unpaired) electrons. The van der Waals surface area contributed by atoms with Crippen molar-refractivity contribution < 1.29 is 9.90 Å². The number of amides is 1. The lowest BCUT2D eigenvalue weighted by Gasteiger charge is -2.20. The van der Waals surface area contributed by atoms with Crippen LogP contribution in [0.25, 0.3) is 0 Å². The quantitative estimate of drug-likeness (QED) is 0.637. The van der Waals surface area contributed by atoms with Crippen LogP contribution in [-0.4, -0.2) is 39.8 Å². The van der Waals surface area contributed by atoms with Crippen molar-refractivity contribution in [1.82, 2.24) is 14.9 Å². The first kappa shape index (κ1) is 14.7. The Bertz CT molecular complexity index is 376. The maximum Gasteiger partial charge on any atom is 0.271 e. The third kappa shape index (κ3) is 4.12. The Morgan fingerprint density at radius 3 is 2.89 bits per heavy atom. The molecule has 102 valence electrons. The van der Waals surface area contributed by atoms with Gasteiger partial charge in [0.2, 0.25) is 0 Å². The fourth-order valence-electron chi connectivity index (χ4n) is 1.70. The highest BCUT2D eigenvalue weighted by Gasteiger charge is 2.18. The van der Waals surface area contributed by atoms with E-state index < -0.39 is 0 Å². The third-order valence-electron chi connectivity index (χ3n) is 2.81. The van der Waals surface area contributed by atoms with Crippen LogP contribution in [0.15, 0.2) is 12.5 Å². The summed E-state index contributed by atoms with van der Waals surface area (Å²) in [4.78, 5) is 16.0. The number of hydrogen-bond donors (Lipinski definition) is 3. The summed E-state index contributed by atoms with van der Waals surface area (Å²) < 4.78 is 1.78. The largest absolute Gasteiger partial charge is 0.396 e. The van der Waals surface area contributed by atoms with Gasteiger partial charge in [0.1, 0.15) is 5.69 Å². The van der Waals surface area contributed by atoms with E-state index in [1.165, 1.54) is 0 Å². The predicted octanol–water partition coefficient (Wildman–Crippen LogP) is -0.0214. The van der Waals surface area contributed by atoms with Crippen LogP contribution in [0.5, 0.6) is 0 Å². The molecule has 0 aliphatic heterocycles. The molecule has 1 heterocycles. The van der Waals surface area contributed by atoms with E-state index in [0.29, 0.717) is 25.2 Å². The lowest BCUT2D eigenvalue weighted by atomic mass is 10.0. The SMILES string of the molecule is CC(C)C(CCO)NC(=O)c1cn(CCN)cn1. The number of nitrogens with one attached hydrogen (secondary N) is 1. The summed E-state index contributed by atoms with van der Waals surface area (Å²) in [5.41, 5.74) is 5.81. The molecule has 0 aliphatic rings. The van der Waals surface area contributed by atoms with Crippen LogP contribution in [0.1, 0.15) is 30.8 Å². The number of imidazole rings is 1. The second-order valence-corrected chi connectivity index (χ2v) is 4.62. The van der Waals surface area contributed by atoms with Gasteiger partial charge in [-0.2, -0.15) is 0 Å². The highest BCUT2D eigenvalue weighted by Crippen LogP contribution is 2.07. The molecule has 1 atom stereocenters. The first-order valence-electron chi connectivity index (χ1n) is 6.22. The van der Waals surface area contributed by atoms with Gasteiger partial charge in [-0.15, -0.1) is 0 Å². The standard InChI is InChI=1S/C12H22N4O2/c1-9(2)10(3-6-17)15-12(18)11-7-16(5-4-13)8-14-11/h7-10,17H,3-6,13H2,1-2H3,(H,15,18). The predicted molar refractivity (Wildman–Crippen MR) is 69.1 cm³/mol. The molecular weight excluding hydrogens is 232 g/mol. The number of aliphatic hydroxyl groups is 1. The summed E-state index contributed by atoms with van der Waals surface area (Å²) in [5, 5.41) is 11.8. The number of nitrogens with two attached hydrogens (primary N) is 1. The lowest BCUT2D eigenvalue weighted by molar-refractivity contribution is 0.0912.